The Balaban J connectivity index is 1.69. The minimum atomic E-state index is -0.140. The van der Waals surface area contributed by atoms with E-state index >= 15 is 0 Å². The minimum absolute atomic E-state index is 0.140. The Morgan fingerprint density at radius 1 is 1.28 bits per heavy atom. The molecule has 0 spiro atoms. The molecule has 0 saturated carbocycles. The van der Waals surface area contributed by atoms with Crippen LogP contribution in [0.1, 0.15) is 0 Å². The third-order valence-corrected chi connectivity index (χ3v) is 5.72. The van der Waals surface area contributed by atoms with Crippen molar-refractivity contribution in [2.75, 3.05) is 25.3 Å². The Bertz CT molecular complexity index is 852. The largest absolute Gasteiger partial charge is 0.497 e. The van der Waals surface area contributed by atoms with Crippen molar-refractivity contribution in [1.82, 2.24) is 15.2 Å². The number of hydrogen-bond donors (Lipinski definition) is 1. The first-order chi connectivity index (χ1) is 12.2. The first-order valence-electron chi connectivity index (χ1n) is 7.06. The number of benzene rings is 1. The number of hydrogen-bond acceptors (Lipinski definition) is 9. The molecule has 0 bridgehead atoms. The summed E-state index contributed by atoms with van der Waals surface area (Å²) in [6, 6.07) is 5.50. The highest BCUT2D eigenvalue weighted by atomic mass is 32.2. The predicted octanol–water partition coefficient (Wildman–Crippen LogP) is 3.41. The van der Waals surface area contributed by atoms with Crippen LogP contribution >= 0.6 is 34.4 Å². The second-order valence-electron chi connectivity index (χ2n) is 4.65. The lowest BCUT2D eigenvalue weighted by molar-refractivity contribution is -0.113. The van der Waals surface area contributed by atoms with E-state index in [0.29, 0.717) is 22.3 Å². The predicted molar refractivity (Wildman–Crippen MR) is 99.9 cm³/mol. The monoisotopic (exact) mass is 394 g/mol. The molecule has 0 fully saturated rings. The number of nitrogens with one attached hydrogen (secondary N) is 1. The first kappa shape index (κ1) is 17.6. The Hall–Kier alpha value is -2.17. The molecule has 2 heterocycles. The highest BCUT2D eigenvalue weighted by molar-refractivity contribution is 8.01. The van der Waals surface area contributed by atoms with Crippen LogP contribution < -0.4 is 14.8 Å². The quantitative estimate of drug-likeness (QED) is 0.615. The smallest absolute Gasteiger partial charge is 0.236 e. The molecule has 7 nitrogen and oxygen atoms in total. The van der Waals surface area contributed by atoms with Crippen molar-refractivity contribution < 1.29 is 14.3 Å². The molecule has 25 heavy (non-hydrogen) atoms. The van der Waals surface area contributed by atoms with E-state index in [1.54, 1.807) is 19.7 Å². The van der Waals surface area contributed by atoms with Crippen molar-refractivity contribution in [3.8, 4) is 22.8 Å². The number of methoxy groups -OCH3 is 2. The van der Waals surface area contributed by atoms with Crippen molar-refractivity contribution in [2.24, 2.45) is 0 Å². The average Bonchev–Trinajstić information content (AvgIpc) is 3.31. The number of rotatable bonds is 7. The van der Waals surface area contributed by atoms with Crippen LogP contribution in [0.2, 0.25) is 0 Å². The molecular weight excluding hydrogens is 380 g/mol. The van der Waals surface area contributed by atoms with Gasteiger partial charge in [-0.3, -0.25) is 4.79 Å². The lowest BCUT2D eigenvalue weighted by Crippen LogP contribution is -2.13. The summed E-state index contributed by atoms with van der Waals surface area (Å²) >= 11 is 4.10. The molecule has 0 radical (unpaired) electrons. The SMILES string of the molecule is COc1ccc(OC)c(-c2csc(NC(=O)CSc3nncs3)n2)c1. The molecule has 0 atom stereocenters. The third-order valence-electron chi connectivity index (χ3n) is 3.10. The summed E-state index contributed by atoms with van der Waals surface area (Å²) in [5.41, 5.74) is 3.16. The van der Waals surface area contributed by atoms with Crippen molar-refractivity contribution in [1.29, 1.82) is 0 Å². The fourth-order valence-electron chi connectivity index (χ4n) is 1.98. The van der Waals surface area contributed by atoms with Gasteiger partial charge in [-0.25, -0.2) is 4.98 Å². The molecular formula is C15H14N4O3S3. The Morgan fingerprint density at radius 3 is 2.88 bits per heavy atom. The van der Waals surface area contributed by atoms with E-state index < -0.39 is 0 Å². The van der Waals surface area contributed by atoms with Gasteiger partial charge in [0.25, 0.3) is 0 Å². The summed E-state index contributed by atoms with van der Waals surface area (Å²) in [5.74, 6) is 1.52. The Morgan fingerprint density at radius 2 is 2.16 bits per heavy atom. The zero-order valence-corrected chi connectivity index (χ0v) is 15.8. The van der Waals surface area contributed by atoms with Crippen molar-refractivity contribution in [3.63, 3.8) is 0 Å². The van der Waals surface area contributed by atoms with Crippen molar-refractivity contribution in [3.05, 3.63) is 29.1 Å². The van der Waals surface area contributed by atoms with Crippen LogP contribution in [0, 0.1) is 0 Å². The van der Waals surface area contributed by atoms with Crippen LogP contribution in [0.4, 0.5) is 5.13 Å². The molecule has 0 saturated heterocycles. The number of thioether (sulfide) groups is 1. The van der Waals surface area contributed by atoms with Crippen molar-refractivity contribution >= 4 is 45.5 Å². The third kappa shape index (κ3) is 4.47. The van der Waals surface area contributed by atoms with Crippen LogP contribution in [0.25, 0.3) is 11.3 Å². The number of anilines is 1. The van der Waals surface area contributed by atoms with Crippen LogP contribution in [-0.2, 0) is 4.79 Å². The number of nitrogens with zero attached hydrogens (tertiary/aromatic N) is 3. The summed E-state index contributed by atoms with van der Waals surface area (Å²) in [6.07, 6.45) is 0. The average molecular weight is 395 g/mol. The van der Waals surface area contributed by atoms with Gasteiger partial charge in [-0.15, -0.1) is 21.5 Å². The molecule has 130 valence electrons. The zero-order chi connectivity index (χ0) is 17.6. The number of ether oxygens (including phenoxy) is 2. The van der Waals surface area contributed by atoms with Crippen LogP contribution in [-0.4, -0.2) is 41.1 Å². The van der Waals surface area contributed by atoms with Gasteiger partial charge in [0.1, 0.15) is 17.0 Å². The van der Waals surface area contributed by atoms with Gasteiger partial charge in [0.2, 0.25) is 5.91 Å². The molecule has 3 rings (SSSR count). The van der Waals surface area contributed by atoms with E-state index in [9.17, 15) is 4.79 Å². The highest BCUT2D eigenvalue weighted by Gasteiger charge is 2.13. The van der Waals surface area contributed by atoms with Gasteiger partial charge in [0.05, 0.1) is 25.7 Å². The summed E-state index contributed by atoms with van der Waals surface area (Å²) < 4.78 is 11.4. The van der Waals surface area contributed by atoms with Gasteiger partial charge in [-0.1, -0.05) is 23.1 Å². The summed E-state index contributed by atoms with van der Waals surface area (Å²) in [4.78, 5) is 16.5. The van der Waals surface area contributed by atoms with Gasteiger partial charge >= 0.3 is 0 Å². The molecule has 0 unspecified atom stereocenters. The second-order valence-corrected chi connectivity index (χ2v) is 7.56. The van der Waals surface area contributed by atoms with E-state index in [1.807, 2.05) is 23.6 Å². The van der Waals surface area contributed by atoms with Gasteiger partial charge < -0.3 is 14.8 Å². The van der Waals surface area contributed by atoms with E-state index in [2.05, 4.69) is 20.5 Å². The standard InChI is InChI=1S/C15H14N4O3S3/c1-21-9-3-4-12(22-2)10(5-9)11-6-23-14(17-11)18-13(20)7-24-15-19-16-8-25-15/h3-6,8H,7H2,1-2H3,(H,17,18,20). The number of amides is 1. The normalized spacial score (nSPS) is 10.5. The number of aromatic nitrogens is 3. The lowest BCUT2D eigenvalue weighted by Gasteiger charge is -2.08. The summed E-state index contributed by atoms with van der Waals surface area (Å²) in [7, 11) is 3.21. The van der Waals surface area contributed by atoms with Gasteiger partial charge in [0, 0.05) is 10.9 Å². The Labute approximate surface area is 156 Å². The van der Waals surface area contributed by atoms with E-state index in [-0.39, 0.29) is 11.7 Å². The molecule has 0 aliphatic carbocycles. The van der Waals surface area contributed by atoms with Gasteiger partial charge in [0.15, 0.2) is 9.47 Å². The van der Waals surface area contributed by atoms with E-state index in [4.69, 9.17) is 9.47 Å². The molecule has 0 aliphatic heterocycles. The minimum Gasteiger partial charge on any atom is -0.497 e. The lowest BCUT2D eigenvalue weighted by atomic mass is 10.1. The Kier molecular flexibility index (Phi) is 5.84. The highest BCUT2D eigenvalue weighted by Crippen LogP contribution is 2.35. The molecule has 3 aromatic rings. The molecule has 1 aromatic carbocycles. The maximum Gasteiger partial charge on any atom is 0.236 e. The first-order valence-corrected chi connectivity index (χ1v) is 9.81. The number of thiazole rings is 1. The second kappa shape index (κ2) is 8.28. The summed E-state index contributed by atoms with van der Waals surface area (Å²) in [5, 5.41) is 12.8. The maximum absolute atomic E-state index is 12.0. The molecule has 1 N–H and O–H groups in total. The van der Waals surface area contributed by atoms with Crippen LogP contribution in [0.5, 0.6) is 11.5 Å². The van der Waals surface area contributed by atoms with Gasteiger partial charge in [-0.2, -0.15) is 0 Å². The maximum atomic E-state index is 12.0. The zero-order valence-electron chi connectivity index (χ0n) is 13.4. The van der Waals surface area contributed by atoms with Gasteiger partial charge in [-0.05, 0) is 18.2 Å². The number of carbonyl (C=O) groups excluding carboxylic acids is 1. The van der Waals surface area contributed by atoms with Crippen LogP contribution in [0.3, 0.4) is 0 Å². The van der Waals surface area contributed by atoms with E-state index in [0.717, 1.165) is 9.90 Å². The molecule has 2 aromatic heterocycles. The van der Waals surface area contributed by atoms with Crippen LogP contribution in [0.15, 0.2) is 33.4 Å². The topological polar surface area (TPSA) is 86.2 Å². The summed E-state index contributed by atoms with van der Waals surface area (Å²) in [6.45, 7) is 0. The molecule has 0 aliphatic rings. The van der Waals surface area contributed by atoms with E-state index in [1.165, 1.54) is 34.4 Å². The molecule has 10 heteroatoms. The molecule has 1 amide bonds. The van der Waals surface area contributed by atoms with Crippen molar-refractivity contribution in [2.45, 2.75) is 4.34 Å². The fraction of sp³-hybridized carbons (Fsp3) is 0.200. The number of carbonyl (C=O) groups is 1. The fourth-order valence-corrected chi connectivity index (χ4v) is 3.99.